The Balaban J connectivity index is 0.000000132. The van der Waals surface area contributed by atoms with E-state index < -0.39 is 0 Å². The molecule has 1 heteroatoms. The zero-order valence-corrected chi connectivity index (χ0v) is 18.8. The second-order valence-corrected chi connectivity index (χ2v) is 9.32. The molecule has 4 aromatic rings. The third-order valence-electron chi connectivity index (χ3n) is 6.65. The molecule has 0 aromatic heterocycles. The summed E-state index contributed by atoms with van der Waals surface area (Å²) in [6, 6.07) is 21.8. The Kier molecular flexibility index (Phi) is 4.78. The van der Waals surface area contributed by atoms with Crippen molar-refractivity contribution in [3.63, 3.8) is 0 Å². The molecule has 0 bridgehead atoms. The molecule has 0 saturated carbocycles. The van der Waals surface area contributed by atoms with Gasteiger partial charge in [-0.2, -0.15) is 0 Å². The number of rotatable bonds is 0. The SMILES string of the molecule is CC1=Cc2c(ccc3cc(C)ccc23)C1.Cc1ccc2c3c(ccc2c1)CC(C)C3=O. The first-order chi connectivity index (χ1) is 14.9. The van der Waals surface area contributed by atoms with E-state index in [2.05, 4.69) is 87.5 Å². The molecule has 2 aliphatic carbocycles. The number of ketones is 1. The molecule has 154 valence electrons. The van der Waals surface area contributed by atoms with Gasteiger partial charge in [-0.05, 0) is 71.8 Å². The highest BCUT2D eigenvalue weighted by Crippen LogP contribution is 2.33. The number of benzene rings is 4. The summed E-state index contributed by atoms with van der Waals surface area (Å²) < 4.78 is 0. The highest BCUT2D eigenvalue weighted by atomic mass is 16.1. The van der Waals surface area contributed by atoms with Crippen LogP contribution in [0.25, 0.3) is 27.6 Å². The van der Waals surface area contributed by atoms with E-state index in [1.54, 1.807) is 0 Å². The Bertz CT molecular complexity index is 1390. The summed E-state index contributed by atoms with van der Waals surface area (Å²) in [5.74, 6) is 0.464. The molecule has 0 amide bonds. The van der Waals surface area contributed by atoms with Crippen LogP contribution < -0.4 is 0 Å². The first-order valence-corrected chi connectivity index (χ1v) is 11.2. The van der Waals surface area contributed by atoms with Crippen LogP contribution in [-0.2, 0) is 12.8 Å². The molecule has 0 aliphatic heterocycles. The van der Waals surface area contributed by atoms with Crippen LogP contribution >= 0.6 is 0 Å². The van der Waals surface area contributed by atoms with Crippen LogP contribution in [0.15, 0.2) is 66.2 Å². The number of hydrogen-bond donors (Lipinski definition) is 0. The fraction of sp³-hybridized carbons (Fsp3) is 0.233. The Morgan fingerprint density at radius 2 is 1.35 bits per heavy atom. The third-order valence-corrected chi connectivity index (χ3v) is 6.65. The van der Waals surface area contributed by atoms with Gasteiger partial charge in [0.1, 0.15) is 0 Å². The quantitative estimate of drug-likeness (QED) is 0.294. The molecular weight excluding hydrogens is 376 g/mol. The minimum atomic E-state index is 0.155. The van der Waals surface area contributed by atoms with Crippen molar-refractivity contribution < 1.29 is 4.79 Å². The van der Waals surface area contributed by atoms with Crippen molar-refractivity contribution >= 4 is 33.4 Å². The van der Waals surface area contributed by atoms with Crippen molar-refractivity contribution in [1.82, 2.24) is 0 Å². The molecule has 0 radical (unpaired) electrons. The molecule has 0 saturated heterocycles. The van der Waals surface area contributed by atoms with Crippen LogP contribution in [0.4, 0.5) is 0 Å². The number of hydrogen-bond acceptors (Lipinski definition) is 1. The van der Waals surface area contributed by atoms with E-state index in [1.165, 1.54) is 49.5 Å². The van der Waals surface area contributed by atoms with Crippen LogP contribution in [0.5, 0.6) is 0 Å². The summed E-state index contributed by atoms with van der Waals surface area (Å²) in [5, 5.41) is 5.06. The van der Waals surface area contributed by atoms with Crippen LogP contribution in [0.2, 0.25) is 0 Å². The maximum absolute atomic E-state index is 12.1. The van der Waals surface area contributed by atoms with Gasteiger partial charge in [-0.15, -0.1) is 0 Å². The van der Waals surface area contributed by atoms with Gasteiger partial charge in [-0.25, -0.2) is 0 Å². The van der Waals surface area contributed by atoms with Crippen molar-refractivity contribution in [3.05, 3.63) is 99.6 Å². The van der Waals surface area contributed by atoms with Gasteiger partial charge in [0.25, 0.3) is 0 Å². The molecule has 6 rings (SSSR count). The normalized spacial score (nSPS) is 16.7. The van der Waals surface area contributed by atoms with E-state index in [-0.39, 0.29) is 5.92 Å². The highest BCUT2D eigenvalue weighted by molar-refractivity contribution is 6.12. The van der Waals surface area contributed by atoms with Gasteiger partial charge < -0.3 is 0 Å². The van der Waals surface area contributed by atoms with Crippen LogP contribution in [-0.4, -0.2) is 5.78 Å². The molecule has 0 spiro atoms. The van der Waals surface area contributed by atoms with Crippen LogP contribution in [0.1, 0.15) is 52.0 Å². The second-order valence-electron chi connectivity index (χ2n) is 9.32. The highest BCUT2D eigenvalue weighted by Gasteiger charge is 2.28. The van der Waals surface area contributed by atoms with E-state index >= 15 is 0 Å². The van der Waals surface area contributed by atoms with Gasteiger partial charge in [0.15, 0.2) is 5.78 Å². The van der Waals surface area contributed by atoms with E-state index in [1.807, 2.05) is 6.92 Å². The molecular formula is C30H28O. The largest absolute Gasteiger partial charge is 0.294 e. The maximum Gasteiger partial charge on any atom is 0.166 e. The fourth-order valence-corrected chi connectivity index (χ4v) is 5.07. The Morgan fingerprint density at radius 1 is 0.742 bits per heavy atom. The van der Waals surface area contributed by atoms with Gasteiger partial charge in [0, 0.05) is 11.5 Å². The number of Topliss-reactive ketones (excluding diaryl/α,β-unsaturated/α-hetero) is 1. The topological polar surface area (TPSA) is 17.1 Å². The zero-order chi connectivity index (χ0) is 21.7. The van der Waals surface area contributed by atoms with Gasteiger partial charge in [0.2, 0.25) is 0 Å². The lowest BCUT2D eigenvalue weighted by Gasteiger charge is -2.05. The molecule has 0 fully saturated rings. The first kappa shape index (κ1) is 19.8. The summed E-state index contributed by atoms with van der Waals surface area (Å²) in [4.78, 5) is 12.1. The standard InChI is InChI=1S/C15H14O.C15H14/c1-9-3-6-13-11(7-9)4-5-12-8-10(2)15(16)14(12)13;1-10-3-6-14-12(7-10)4-5-13-8-11(2)9-15(13)14/h3-7,10H,8H2,1-2H3;3-7,9H,8H2,1-2H3. The maximum atomic E-state index is 12.1. The Labute approximate surface area is 184 Å². The Hall–Kier alpha value is -3.19. The van der Waals surface area contributed by atoms with Crippen molar-refractivity contribution in [1.29, 1.82) is 0 Å². The predicted octanol–water partition coefficient (Wildman–Crippen LogP) is 7.63. The van der Waals surface area contributed by atoms with Gasteiger partial charge >= 0.3 is 0 Å². The number of carbonyl (C=O) groups is 1. The number of fused-ring (bicyclic) bond motifs is 6. The van der Waals surface area contributed by atoms with Crippen molar-refractivity contribution in [3.8, 4) is 0 Å². The molecule has 1 unspecified atom stereocenters. The van der Waals surface area contributed by atoms with Crippen molar-refractivity contribution in [2.45, 2.75) is 40.5 Å². The van der Waals surface area contributed by atoms with E-state index in [0.717, 1.165) is 23.8 Å². The molecule has 4 aromatic carbocycles. The summed E-state index contributed by atoms with van der Waals surface area (Å²) in [5.41, 5.74) is 9.14. The first-order valence-electron chi connectivity index (χ1n) is 11.2. The minimum Gasteiger partial charge on any atom is -0.294 e. The molecule has 1 nitrogen and oxygen atoms in total. The number of aryl methyl sites for hydroxylation is 2. The van der Waals surface area contributed by atoms with Gasteiger partial charge in [0.05, 0.1) is 0 Å². The number of allylic oxidation sites excluding steroid dienone is 1. The molecule has 0 N–H and O–H groups in total. The third kappa shape index (κ3) is 3.49. The van der Waals surface area contributed by atoms with Crippen molar-refractivity contribution in [2.24, 2.45) is 5.92 Å². The fourth-order valence-electron chi connectivity index (χ4n) is 5.07. The Morgan fingerprint density at radius 3 is 2.06 bits per heavy atom. The second kappa shape index (κ2) is 7.50. The summed E-state index contributed by atoms with van der Waals surface area (Å²) in [7, 11) is 0. The van der Waals surface area contributed by atoms with E-state index in [0.29, 0.717) is 5.78 Å². The van der Waals surface area contributed by atoms with Crippen LogP contribution in [0.3, 0.4) is 0 Å². The lowest BCUT2D eigenvalue weighted by atomic mass is 9.99. The summed E-state index contributed by atoms with van der Waals surface area (Å²) in [6.07, 6.45) is 4.35. The lowest BCUT2D eigenvalue weighted by Crippen LogP contribution is -2.03. The average Bonchev–Trinajstić information content (AvgIpc) is 3.27. The summed E-state index contributed by atoms with van der Waals surface area (Å²) in [6.45, 7) is 8.45. The van der Waals surface area contributed by atoms with Crippen molar-refractivity contribution in [2.75, 3.05) is 0 Å². The zero-order valence-electron chi connectivity index (χ0n) is 18.8. The lowest BCUT2D eigenvalue weighted by molar-refractivity contribution is 0.0947. The van der Waals surface area contributed by atoms with Gasteiger partial charge in [-0.3, -0.25) is 4.79 Å². The molecule has 31 heavy (non-hydrogen) atoms. The van der Waals surface area contributed by atoms with E-state index in [9.17, 15) is 4.79 Å². The smallest absolute Gasteiger partial charge is 0.166 e. The van der Waals surface area contributed by atoms with Crippen LogP contribution in [0, 0.1) is 19.8 Å². The monoisotopic (exact) mass is 404 g/mol. The average molecular weight is 405 g/mol. The molecule has 1 atom stereocenters. The van der Waals surface area contributed by atoms with Gasteiger partial charge in [-0.1, -0.05) is 90.4 Å². The summed E-state index contributed by atoms with van der Waals surface area (Å²) >= 11 is 0. The predicted molar refractivity (Wildman–Crippen MR) is 132 cm³/mol. The minimum absolute atomic E-state index is 0.155. The molecule has 0 heterocycles. The molecule has 2 aliphatic rings. The van der Waals surface area contributed by atoms with E-state index in [4.69, 9.17) is 0 Å². The number of carbonyl (C=O) groups excluding carboxylic acids is 1.